The lowest BCUT2D eigenvalue weighted by Crippen LogP contribution is -2.56. The molecule has 1 aromatic carbocycles. The molecule has 0 saturated carbocycles. The molecule has 3 aromatic rings. The van der Waals surface area contributed by atoms with Gasteiger partial charge in [0, 0.05) is 80.7 Å². The summed E-state index contributed by atoms with van der Waals surface area (Å²) in [5.74, 6) is -3.09. The Bertz CT molecular complexity index is 1170. The van der Waals surface area contributed by atoms with E-state index in [1.807, 2.05) is 0 Å². The second kappa shape index (κ2) is 10.2. The summed E-state index contributed by atoms with van der Waals surface area (Å²) in [7, 11) is 1.62. The topological polar surface area (TPSA) is 83.5 Å². The molecule has 1 saturated heterocycles. The fourth-order valence-corrected chi connectivity index (χ4v) is 4.84. The molecule has 8 heteroatoms. The Balaban J connectivity index is 1.88. The Morgan fingerprint density at radius 2 is 1.46 bits per heavy atom. The van der Waals surface area contributed by atoms with Crippen LogP contribution >= 0.6 is 0 Å². The maximum atomic E-state index is 14.7. The van der Waals surface area contributed by atoms with Gasteiger partial charge in [-0.3, -0.25) is 29.4 Å². The van der Waals surface area contributed by atoms with E-state index in [9.17, 15) is 18.8 Å². The van der Waals surface area contributed by atoms with E-state index in [0.29, 0.717) is 22.3 Å². The molecule has 3 atom stereocenters. The number of carbonyl (C=O) groups is 3. The van der Waals surface area contributed by atoms with Crippen LogP contribution in [0.2, 0.25) is 0 Å². The molecule has 1 unspecified atom stereocenters. The number of nitrogens with zero attached hydrogens (tertiary/aromatic N) is 4. The van der Waals surface area contributed by atoms with Gasteiger partial charge < -0.3 is 0 Å². The van der Waals surface area contributed by atoms with Crippen molar-refractivity contribution >= 4 is 17.5 Å². The highest BCUT2D eigenvalue weighted by Gasteiger charge is 2.46. The summed E-state index contributed by atoms with van der Waals surface area (Å²) in [5, 5.41) is 3.16. The Morgan fingerprint density at radius 1 is 0.914 bits per heavy atom. The van der Waals surface area contributed by atoms with Crippen molar-refractivity contribution in [3.63, 3.8) is 0 Å². The van der Waals surface area contributed by atoms with Crippen LogP contribution in [0.5, 0.6) is 0 Å². The number of benzene rings is 1. The zero-order valence-corrected chi connectivity index (χ0v) is 19.9. The molecule has 0 radical (unpaired) electrons. The molecule has 0 aliphatic carbocycles. The first-order valence-corrected chi connectivity index (χ1v) is 11.4. The monoisotopic (exact) mass is 474 g/mol. The van der Waals surface area contributed by atoms with Gasteiger partial charge in [0.15, 0.2) is 11.6 Å². The van der Waals surface area contributed by atoms with Crippen molar-refractivity contribution in [3.8, 4) is 0 Å². The Hall–Kier alpha value is -3.78. The highest BCUT2D eigenvalue weighted by atomic mass is 19.1. The lowest BCUT2D eigenvalue weighted by Gasteiger charge is -2.46. The Morgan fingerprint density at radius 3 is 1.91 bits per heavy atom. The number of hydrazine groups is 1. The Kier molecular flexibility index (Phi) is 7.12. The fourth-order valence-electron chi connectivity index (χ4n) is 4.84. The van der Waals surface area contributed by atoms with Gasteiger partial charge in [-0.05, 0) is 48.4 Å². The van der Waals surface area contributed by atoms with Gasteiger partial charge in [-0.15, -0.1) is 0 Å². The molecule has 35 heavy (non-hydrogen) atoms. The van der Waals surface area contributed by atoms with E-state index in [1.165, 1.54) is 30.4 Å². The van der Waals surface area contributed by atoms with E-state index < -0.39 is 23.6 Å². The van der Waals surface area contributed by atoms with Crippen molar-refractivity contribution in [1.82, 2.24) is 20.0 Å². The van der Waals surface area contributed by atoms with Gasteiger partial charge in [-0.25, -0.2) is 9.40 Å². The van der Waals surface area contributed by atoms with Crippen molar-refractivity contribution in [1.29, 1.82) is 0 Å². The number of carbonyl (C=O) groups excluding carboxylic acids is 3. The molecule has 1 fully saturated rings. The second-order valence-electron chi connectivity index (χ2n) is 8.82. The molecular weight excluding hydrogens is 447 g/mol. The molecule has 7 nitrogen and oxygen atoms in total. The first-order valence-electron chi connectivity index (χ1n) is 11.4. The molecule has 0 bridgehead atoms. The van der Waals surface area contributed by atoms with Gasteiger partial charge in [-0.2, -0.15) is 0 Å². The lowest BCUT2D eigenvalue weighted by molar-refractivity contribution is -0.147. The number of Topliss-reactive ketones (excluding diaryl/α,β-unsaturated/α-hetero) is 2. The van der Waals surface area contributed by atoms with Crippen LogP contribution < -0.4 is 0 Å². The van der Waals surface area contributed by atoms with E-state index in [2.05, 4.69) is 9.97 Å². The SMILES string of the molecule is CC(=O)N(C)N1C[C@H](C(=O)c2cccnc2)C(c2cccc(F)c2C)[C@H](C(=O)c2cccnc2)C1. The summed E-state index contributed by atoms with van der Waals surface area (Å²) in [5.41, 5.74) is 1.81. The average Bonchev–Trinajstić information content (AvgIpc) is 2.89. The Labute approximate surface area is 203 Å². The molecule has 1 aliphatic rings. The molecule has 0 spiro atoms. The van der Waals surface area contributed by atoms with Gasteiger partial charge in [0.25, 0.3) is 0 Å². The summed E-state index contributed by atoms with van der Waals surface area (Å²) in [6.45, 7) is 3.48. The van der Waals surface area contributed by atoms with Crippen LogP contribution in [0.3, 0.4) is 0 Å². The van der Waals surface area contributed by atoms with Gasteiger partial charge in [0.05, 0.1) is 0 Å². The van der Waals surface area contributed by atoms with Crippen molar-refractivity contribution in [2.45, 2.75) is 19.8 Å². The standard InChI is InChI=1S/C27H27FN4O3/c1-17-21(9-4-10-24(17)28)25-22(26(34)19-7-5-11-29-13-19)15-32(31(3)18(2)33)16-23(25)27(35)20-8-6-12-30-14-20/h4-14,22-23,25H,15-16H2,1-3H3/t22-,23+,25?. The predicted molar refractivity (Wildman–Crippen MR) is 128 cm³/mol. The van der Waals surface area contributed by atoms with Crippen molar-refractivity contribution in [2.75, 3.05) is 20.1 Å². The smallest absolute Gasteiger partial charge is 0.233 e. The highest BCUT2D eigenvalue weighted by molar-refractivity contribution is 6.02. The van der Waals surface area contributed by atoms with Crippen LogP contribution in [0.4, 0.5) is 4.39 Å². The van der Waals surface area contributed by atoms with Gasteiger partial charge in [-0.1, -0.05) is 12.1 Å². The number of pyridine rings is 2. The minimum Gasteiger partial charge on any atom is -0.294 e. The molecular formula is C27H27FN4O3. The van der Waals surface area contributed by atoms with Gasteiger partial charge in [0.2, 0.25) is 5.91 Å². The highest BCUT2D eigenvalue weighted by Crippen LogP contribution is 2.42. The molecule has 1 aliphatic heterocycles. The van der Waals surface area contributed by atoms with E-state index in [-0.39, 0.29) is 30.6 Å². The molecule has 0 N–H and O–H groups in total. The molecule has 1 amide bonds. The largest absolute Gasteiger partial charge is 0.294 e. The minimum absolute atomic E-state index is 0.196. The number of hydrogen-bond donors (Lipinski definition) is 0. The fraction of sp³-hybridized carbons (Fsp3) is 0.296. The number of piperidine rings is 1. The van der Waals surface area contributed by atoms with Crippen LogP contribution in [0.25, 0.3) is 0 Å². The van der Waals surface area contributed by atoms with Gasteiger partial charge in [0.1, 0.15) is 5.82 Å². The van der Waals surface area contributed by atoms with Crippen molar-refractivity contribution < 1.29 is 18.8 Å². The summed E-state index contributed by atoms with van der Waals surface area (Å²) < 4.78 is 14.7. The summed E-state index contributed by atoms with van der Waals surface area (Å²) >= 11 is 0. The molecule has 3 heterocycles. The van der Waals surface area contributed by atoms with Crippen LogP contribution in [-0.2, 0) is 4.79 Å². The third-order valence-electron chi connectivity index (χ3n) is 6.80. The maximum Gasteiger partial charge on any atom is 0.233 e. The van der Waals surface area contributed by atoms with E-state index in [4.69, 9.17) is 0 Å². The predicted octanol–water partition coefficient (Wildman–Crippen LogP) is 3.71. The first kappa shape index (κ1) is 24.3. The van der Waals surface area contributed by atoms with Crippen LogP contribution in [0, 0.1) is 24.6 Å². The van der Waals surface area contributed by atoms with E-state index >= 15 is 0 Å². The average molecular weight is 475 g/mol. The zero-order valence-electron chi connectivity index (χ0n) is 19.9. The number of halogens is 1. The third-order valence-corrected chi connectivity index (χ3v) is 6.80. The van der Waals surface area contributed by atoms with Crippen molar-refractivity contribution in [2.24, 2.45) is 11.8 Å². The zero-order chi connectivity index (χ0) is 25.1. The minimum atomic E-state index is -0.721. The summed E-state index contributed by atoms with van der Waals surface area (Å²) in [4.78, 5) is 48.1. The normalized spacial score (nSPS) is 20.3. The lowest BCUT2D eigenvalue weighted by atomic mass is 9.68. The van der Waals surface area contributed by atoms with Crippen molar-refractivity contribution in [3.05, 3.63) is 95.3 Å². The van der Waals surface area contributed by atoms with Gasteiger partial charge >= 0.3 is 0 Å². The quantitative estimate of drug-likeness (QED) is 0.507. The molecule has 2 aromatic heterocycles. The van der Waals surface area contributed by atoms with E-state index in [0.717, 1.165) is 0 Å². The number of ketones is 2. The number of rotatable bonds is 6. The summed E-state index contributed by atoms with van der Waals surface area (Å²) in [6.07, 6.45) is 6.14. The number of aromatic nitrogens is 2. The number of hydrogen-bond acceptors (Lipinski definition) is 6. The summed E-state index contributed by atoms with van der Waals surface area (Å²) in [6, 6.07) is 11.5. The molecule has 4 rings (SSSR count). The second-order valence-corrected chi connectivity index (χ2v) is 8.82. The van der Waals surface area contributed by atoms with Crippen LogP contribution in [0.1, 0.15) is 44.7 Å². The third kappa shape index (κ3) is 4.88. The van der Waals surface area contributed by atoms with E-state index in [1.54, 1.807) is 67.8 Å². The molecule has 180 valence electrons. The number of amides is 1. The van der Waals surface area contributed by atoms with Crippen LogP contribution in [-0.4, -0.2) is 57.6 Å². The maximum absolute atomic E-state index is 14.7. The first-order chi connectivity index (χ1) is 16.8. The van der Waals surface area contributed by atoms with Crippen LogP contribution in [0.15, 0.2) is 67.3 Å².